The fourth-order valence-electron chi connectivity index (χ4n) is 2.38. The first-order valence-corrected chi connectivity index (χ1v) is 6.86. The van der Waals surface area contributed by atoms with E-state index in [9.17, 15) is 0 Å². The highest BCUT2D eigenvalue weighted by molar-refractivity contribution is 5.28. The molecule has 0 saturated carbocycles. The van der Waals surface area contributed by atoms with Crippen LogP contribution in [0.4, 0.5) is 0 Å². The van der Waals surface area contributed by atoms with Crippen molar-refractivity contribution in [1.29, 1.82) is 0 Å². The average molecular weight is 230 g/mol. The molecular weight excluding hydrogens is 204 g/mol. The molecule has 1 rings (SSSR count). The van der Waals surface area contributed by atoms with E-state index in [0.717, 1.165) is 6.42 Å². The van der Waals surface area contributed by atoms with E-state index in [4.69, 9.17) is 0 Å². The van der Waals surface area contributed by atoms with Gasteiger partial charge in [0, 0.05) is 12.3 Å². The predicted molar refractivity (Wildman–Crippen MR) is 76.7 cm³/mol. The molecule has 17 heavy (non-hydrogen) atoms. The SMILES string of the molecule is C=C(C)[C@H]1CC(C)=C(C)[C@H](C#CCCCC)C1. The highest BCUT2D eigenvalue weighted by atomic mass is 14.3. The van der Waals surface area contributed by atoms with Crippen LogP contribution in [0, 0.1) is 23.7 Å². The van der Waals surface area contributed by atoms with Crippen molar-refractivity contribution in [3.05, 3.63) is 23.3 Å². The van der Waals surface area contributed by atoms with Crippen LogP contribution in [0.15, 0.2) is 23.3 Å². The zero-order valence-electron chi connectivity index (χ0n) is 11.9. The maximum absolute atomic E-state index is 4.11. The van der Waals surface area contributed by atoms with Gasteiger partial charge in [-0.2, -0.15) is 0 Å². The van der Waals surface area contributed by atoms with Crippen LogP contribution in [-0.2, 0) is 0 Å². The third kappa shape index (κ3) is 4.08. The maximum Gasteiger partial charge on any atom is 0.0417 e. The Morgan fingerprint density at radius 3 is 2.71 bits per heavy atom. The minimum absolute atomic E-state index is 0.474. The topological polar surface area (TPSA) is 0 Å². The normalized spacial score (nSPS) is 24.2. The van der Waals surface area contributed by atoms with Gasteiger partial charge in [-0.1, -0.05) is 42.6 Å². The summed E-state index contributed by atoms with van der Waals surface area (Å²) in [6.07, 6.45) is 5.88. The van der Waals surface area contributed by atoms with E-state index in [2.05, 4.69) is 46.1 Å². The van der Waals surface area contributed by atoms with Crippen molar-refractivity contribution in [3.63, 3.8) is 0 Å². The summed E-state index contributed by atoms with van der Waals surface area (Å²) in [4.78, 5) is 0. The van der Waals surface area contributed by atoms with Crippen LogP contribution >= 0.6 is 0 Å². The number of allylic oxidation sites excluding steroid dienone is 3. The number of hydrogen-bond acceptors (Lipinski definition) is 0. The van der Waals surface area contributed by atoms with E-state index in [1.54, 1.807) is 0 Å². The Labute approximate surface area is 107 Å². The van der Waals surface area contributed by atoms with Crippen LogP contribution in [0.3, 0.4) is 0 Å². The lowest BCUT2D eigenvalue weighted by molar-refractivity contribution is 0.470. The Hall–Kier alpha value is -0.960. The van der Waals surface area contributed by atoms with Crippen LogP contribution in [0.5, 0.6) is 0 Å². The second-order valence-corrected chi connectivity index (χ2v) is 5.42. The van der Waals surface area contributed by atoms with Crippen molar-refractivity contribution >= 4 is 0 Å². The first kappa shape index (κ1) is 14.1. The molecule has 0 spiro atoms. The molecule has 2 atom stereocenters. The first-order valence-electron chi connectivity index (χ1n) is 6.86. The van der Waals surface area contributed by atoms with Crippen molar-refractivity contribution in [2.75, 3.05) is 0 Å². The monoisotopic (exact) mass is 230 g/mol. The summed E-state index contributed by atoms with van der Waals surface area (Å²) in [6.45, 7) is 13.0. The molecule has 0 nitrogen and oxygen atoms in total. The molecule has 0 saturated heterocycles. The van der Waals surface area contributed by atoms with Crippen molar-refractivity contribution in [3.8, 4) is 11.8 Å². The summed E-state index contributed by atoms with van der Waals surface area (Å²) in [5.74, 6) is 7.94. The van der Waals surface area contributed by atoms with Gasteiger partial charge in [0.1, 0.15) is 0 Å². The van der Waals surface area contributed by atoms with Gasteiger partial charge in [-0.25, -0.2) is 0 Å². The van der Waals surface area contributed by atoms with Gasteiger partial charge >= 0.3 is 0 Å². The Morgan fingerprint density at radius 1 is 1.41 bits per heavy atom. The van der Waals surface area contributed by atoms with Gasteiger partial charge in [0.05, 0.1) is 0 Å². The largest absolute Gasteiger partial charge is 0.103 e. The number of rotatable bonds is 3. The van der Waals surface area contributed by atoms with E-state index in [1.165, 1.54) is 42.4 Å². The van der Waals surface area contributed by atoms with Gasteiger partial charge in [0.15, 0.2) is 0 Å². The van der Waals surface area contributed by atoms with Gasteiger partial charge in [-0.05, 0) is 46.0 Å². The molecule has 0 aliphatic heterocycles. The van der Waals surface area contributed by atoms with Crippen molar-refractivity contribution < 1.29 is 0 Å². The molecule has 0 aromatic carbocycles. The molecule has 0 N–H and O–H groups in total. The molecule has 0 amide bonds. The summed E-state index contributed by atoms with van der Waals surface area (Å²) in [6, 6.07) is 0. The highest BCUT2D eigenvalue weighted by Crippen LogP contribution is 2.36. The van der Waals surface area contributed by atoms with Crippen molar-refractivity contribution in [1.82, 2.24) is 0 Å². The van der Waals surface area contributed by atoms with Crippen LogP contribution < -0.4 is 0 Å². The van der Waals surface area contributed by atoms with Crippen LogP contribution in [0.1, 0.15) is 59.8 Å². The summed E-state index contributed by atoms with van der Waals surface area (Å²) >= 11 is 0. The molecule has 0 unspecified atom stereocenters. The Bertz CT molecular complexity index is 359. The Morgan fingerprint density at radius 2 is 2.12 bits per heavy atom. The second kappa shape index (κ2) is 6.70. The van der Waals surface area contributed by atoms with E-state index in [0.29, 0.717) is 11.8 Å². The lowest BCUT2D eigenvalue weighted by Gasteiger charge is -2.29. The zero-order valence-corrected chi connectivity index (χ0v) is 11.9. The molecule has 0 radical (unpaired) electrons. The minimum Gasteiger partial charge on any atom is -0.103 e. The van der Waals surface area contributed by atoms with Gasteiger partial charge in [0.25, 0.3) is 0 Å². The van der Waals surface area contributed by atoms with E-state index < -0.39 is 0 Å². The van der Waals surface area contributed by atoms with Gasteiger partial charge in [-0.15, -0.1) is 5.92 Å². The van der Waals surface area contributed by atoms with Crippen molar-refractivity contribution in [2.45, 2.75) is 59.8 Å². The van der Waals surface area contributed by atoms with Gasteiger partial charge in [-0.3, -0.25) is 0 Å². The molecule has 0 heteroatoms. The van der Waals surface area contributed by atoms with Crippen LogP contribution in [0.25, 0.3) is 0 Å². The lowest BCUT2D eigenvalue weighted by atomic mass is 9.75. The van der Waals surface area contributed by atoms with Gasteiger partial charge in [0.2, 0.25) is 0 Å². The Balaban J connectivity index is 2.72. The summed E-state index contributed by atoms with van der Waals surface area (Å²) in [7, 11) is 0. The molecule has 1 aliphatic carbocycles. The number of unbranched alkanes of at least 4 members (excludes halogenated alkanes) is 2. The molecular formula is C17H26. The molecule has 1 aliphatic rings. The average Bonchev–Trinajstić information content (AvgIpc) is 2.29. The fraction of sp³-hybridized carbons (Fsp3) is 0.647. The lowest BCUT2D eigenvalue weighted by Crippen LogP contribution is -2.17. The summed E-state index contributed by atoms with van der Waals surface area (Å²) in [5, 5.41) is 0. The second-order valence-electron chi connectivity index (χ2n) is 5.42. The standard InChI is InChI=1S/C17H26/c1-6-7-8-9-10-16-12-17(13(2)3)11-14(4)15(16)5/h16-17H,2,6-8,11-12H2,1,3-5H3/t16-,17+/m1/s1. The number of hydrogen-bond donors (Lipinski definition) is 0. The molecule has 0 heterocycles. The smallest absolute Gasteiger partial charge is 0.0417 e. The minimum atomic E-state index is 0.474. The van der Waals surface area contributed by atoms with E-state index in [-0.39, 0.29) is 0 Å². The molecule has 0 aromatic heterocycles. The quantitative estimate of drug-likeness (QED) is 0.359. The highest BCUT2D eigenvalue weighted by Gasteiger charge is 2.24. The summed E-state index contributed by atoms with van der Waals surface area (Å²) in [5.41, 5.74) is 4.35. The molecule has 0 aromatic rings. The molecule has 0 fully saturated rings. The Kier molecular flexibility index (Phi) is 5.56. The third-order valence-electron chi connectivity index (χ3n) is 3.90. The summed E-state index contributed by atoms with van der Waals surface area (Å²) < 4.78 is 0. The first-order chi connectivity index (χ1) is 8.06. The zero-order chi connectivity index (χ0) is 12.8. The van der Waals surface area contributed by atoms with E-state index in [1.807, 2.05) is 0 Å². The third-order valence-corrected chi connectivity index (χ3v) is 3.90. The van der Waals surface area contributed by atoms with Crippen molar-refractivity contribution in [2.24, 2.45) is 11.8 Å². The van der Waals surface area contributed by atoms with E-state index >= 15 is 0 Å². The fourth-order valence-corrected chi connectivity index (χ4v) is 2.38. The van der Waals surface area contributed by atoms with Crippen LogP contribution in [0.2, 0.25) is 0 Å². The maximum atomic E-state index is 4.11. The van der Waals surface area contributed by atoms with Gasteiger partial charge < -0.3 is 0 Å². The predicted octanol–water partition coefficient (Wildman–Crippen LogP) is 5.12. The molecule has 0 bridgehead atoms. The van der Waals surface area contributed by atoms with Crippen LogP contribution in [-0.4, -0.2) is 0 Å². The molecule has 94 valence electrons.